The van der Waals surface area contributed by atoms with Crippen molar-refractivity contribution in [3.05, 3.63) is 36.1 Å². The van der Waals surface area contributed by atoms with E-state index in [9.17, 15) is 0 Å². The minimum atomic E-state index is 0.842. The predicted octanol–water partition coefficient (Wildman–Crippen LogP) is 2.29. The monoisotopic (exact) mass is 174 g/mol. The number of nitrogens with zero attached hydrogens (tertiary/aromatic N) is 1. The van der Waals surface area contributed by atoms with Crippen molar-refractivity contribution in [3.8, 4) is 0 Å². The normalized spacial score (nSPS) is 11.3. The Balaban J connectivity index is 2.38. The maximum absolute atomic E-state index is 5.62. The molecule has 0 amide bonds. The van der Waals surface area contributed by atoms with E-state index in [2.05, 4.69) is 17.0 Å². The molecule has 0 atom stereocenters. The summed E-state index contributed by atoms with van der Waals surface area (Å²) in [6, 6.07) is 10.8. The summed E-state index contributed by atoms with van der Waals surface area (Å²) in [5.41, 5.74) is 0.940. The molecule has 0 saturated carbocycles. The third-order valence-corrected chi connectivity index (χ3v) is 1.88. The Morgan fingerprint density at radius 3 is 3.00 bits per heavy atom. The van der Waals surface area contributed by atoms with Crippen LogP contribution in [0.5, 0.6) is 0 Å². The van der Waals surface area contributed by atoms with Crippen LogP contribution in [0, 0.1) is 6.07 Å². The highest BCUT2D eigenvalue weighted by Gasteiger charge is 2.02. The van der Waals surface area contributed by atoms with Crippen molar-refractivity contribution in [3.63, 3.8) is 0 Å². The van der Waals surface area contributed by atoms with Crippen LogP contribution in [0.15, 0.2) is 28.7 Å². The van der Waals surface area contributed by atoms with Crippen LogP contribution in [-0.2, 0) is 6.54 Å². The van der Waals surface area contributed by atoms with Crippen molar-refractivity contribution in [2.75, 3.05) is 14.1 Å². The summed E-state index contributed by atoms with van der Waals surface area (Å²) in [6.07, 6.45) is 0. The largest absolute Gasteiger partial charge is 0.460 e. The third-order valence-electron chi connectivity index (χ3n) is 1.88. The SMILES string of the molecule is CN(C)Cc1cc2c[c]ccc2o1. The van der Waals surface area contributed by atoms with Crippen LogP contribution in [0.3, 0.4) is 0 Å². The highest BCUT2D eigenvalue weighted by atomic mass is 16.3. The zero-order valence-corrected chi connectivity index (χ0v) is 7.87. The number of hydrogen-bond donors (Lipinski definition) is 0. The second-order valence-electron chi connectivity index (χ2n) is 3.41. The molecule has 1 aromatic carbocycles. The lowest BCUT2D eigenvalue weighted by atomic mass is 10.2. The van der Waals surface area contributed by atoms with Gasteiger partial charge in [-0.05, 0) is 38.4 Å². The first-order chi connectivity index (χ1) is 6.25. The quantitative estimate of drug-likeness (QED) is 0.694. The first kappa shape index (κ1) is 8.32. The average molecular weight is 174 g/mol. The number of furan rings is 1. The molecule has 1 aromatic heterocycles. The molecule has 2 aromatic rings. The fourth-order valence-corrected chi connectivity index (χ4v) is 1.37. The number of rotatable bonds is 2. The van der Waals surface area contributed by atoms with Crippen molar-refractivity contribution in [1.82, 2.24) is 4.90 Å². The Hall–Kier alpha value is -1.28. The molecule has 1 heterocycles. The van der Waals surface area contributed by atoms with Crippen LogP contribution in [-0.4, -0.2) is 19.0 Å². The Labute approximate surface area is 77.8 Å². The van der Waals surface area contributed by atoms with Gasteiger partial charge in [-0.1, -0.05) is 6.07 Å². The molecule has 0 aliphatic rings. The third kappa shape index (κ3) is 1.73. The summed E-state index contributed by atoms with van der Waals surface area (Å²) < 4.78 is 5.62. The predicted molar refractivity (Wildman–Crippen MR) is 52.4 cm³/mol. The molecule has 0 aliphatic heterocycles. The molecule has 0 saturated heterocycles. The second-order valence-corrected chi connectivity index (χ2v) is 3.41. The summed E-state index contributed by atoms with van der Waals surface area (Å²) in [7, 11) is 4.05. The average Bonchev–Trinajstić information content (AvgIpc) is 2.44. The van der Waals surface area contributed by atoms with Crippen LogP contribution in [0.25, 0.3) is 11.0 Å². The van der Waals surface area contributed by atoms with E-state index in [0.29, 0.717) is 0 Å². The molecule has 0 aliphatic carbocycles. The molecular formula is C11H12NO. The van der Waals surface area contributed by atoms with Gasteiger partial charge in [-0.15, -0.1) is 0 Å². The lowest BCUT2D eigenvalue weighted by Crippen LogP contribution is -2.09. The highest BCUT2D eigenvalue weighted by molar-refractivity contribution is 5.77. The van der Waals surface area contributed by atoms with E-state index in [4.69, 9.17) is 4.42 Å². The van der Waals surface area contributed by atoms with E-state index in [1.807, 2.05) is 32.3 Å². The molecule has 0 fully saturated rings. The van der Waals surface area contributed by atoms with Gasteiger partial charge in [-0.3, -0.25) is 0 Å². The minimum Gasteiger partial charge on any atom is -0.460 e. The molecule has 13 heavy (non-hydrogen) atoms. The molecule has 0 unspecified atom stereocenters. The molecule has 67 valence electrons. The number of fused-ring (bicyclic) bond motifs is 1. The van der Waals surface area contributed by atoms with Crippen LogP contribution in [0.1, 0.15) is 5.76 Å². The summed E-state index contributed by atoms with van der Waals surface area (Å²) >= 11 is 0. The summed E-state index contributed by atoms with van der Waals surface area (Å²) in [5.74, 6) is 1.000. The van der Waals surface area contributed by atoms with E-state index >= 15 is 0 Å². The zero-order chi connectivity index (χ0) is 9.26. The van der Waals surface area contributed by atoms with E-state index in [-0.39, 0.29) is 0 Å². The van der Waals surface area contributed by atoms with Gasteiger partial charge in [0.05, 0.1) is 6.54 Å². The van der Waals surface area contributed by atoms with Gasteiger partial charge >= 0.3 is 0 Å². The number of benzene rings is 1. The Bertz CT molecular complexity index is 370. The fraction of sp³-hybridized carbons (Fsp3) is 0.273. The Morgan fingerprint density at radius 1 is 1.46 bits per heavy atom. The van der Waals surface area contributed by atoms with Crippen molar-refractivity contribution >= 4 is 11.0 Å². The molecule has 2 nitrogen and oxygen atoms in total. The van der Waals surface area contributed by atoms with Crippen LogP contribution in [0.2, 0.25) is 0 Å². The first-order valence-corrected chi connectivity index (χ1v) is 4.29. The molecule has 0 bridgehead atoms. The summed E-state index contributed by atoms with van der Waals surface area (Å²) in [5, 5.41) is 1.12. The molecule has 0 spiro atoms. The van der Waals surface area contributed by atoms with Crippen molar-refractivity contribution in [2.45, 2.75) is 6.54 Å². The molecule has 1 radical (unpaired) electrons. The van der Waals surface area contributed by atoms with Crippen LogP contribution < -0.4 is 0 Å². The van der Waals surface area contributed by atoms with E-state index in [1.54, 1.807) is 0 Å². The fourth-order valence-electron chi connectivity index (χ4n) is 1.37. The number of hydrogen-bond acceptors (Lipinski definition) is 2. The second kappa shape index (κ2) is 3.23. The molecule has 0 N–H and O–H groups in total. The molecule has 2 heteroatoms. The van der Waals surface area contributed by atoms with Gasteiger partial charge < -0.3 is 9.32 Å². The Morgan fingerprint density at radius 2 is 2.31 bits per heavy atom. The van der Waals surface area contributed by atoms with Gasteiger partial charge in [0.25, 0.3) is 0 Å². The van der Waals surface area contributed by atoms with Crippen molar-refractivity contribution in [2.24, 2.45) is 0 Å². The molecule has 2 rings (SSSR count). The lowest BCUT2D eigenvalue weighted by Gasteiger charge is -2.04. The van der Waals surface area contributed by atoms with Gasteiger partial charge in [-0.25, -0.2) is 0 Å². The van der Waals surface area contributed by atoms with Crippen LogP contribution in [0.4, 0.5) is 0 Å². The highest BCUT2D eigenvalue weighted by Crippen LogP contribution is 2.18. The van der Waals surface area contributed by atoms with Gasteiger partial charge in [-0.2, -0.15) is 0 Å². The van der Waals surface area contributed by atoms with Crippen molar-refractivity contribution in [1.29, 1.82) is 0 Å². The Kier molecular flexibility index (Phi) is 2.07. The summed E-state index contributed by atoms with van der Waals surface area (Å²) in [6.45, 7) is 0.842. The van der Waals surface area contributed by atoms with Gasteiger partial charge in [0.1, 0.15) is 11.3 Å². The maximum Gasteiger partial charge on any atom is 0.134 e. The van der Waals surface area contributed by atoms with Crippen molar-refractivity contribution < 1.29 is 4.42 Å². The minimum absolute atomic E-state index is 0.842. The van der Waals surface area contributed by atoms with E-state index in [1.165, 1.54) is 0 Å². The standard InChI is InChI=1S/C11H12NO/c1-12(2)8-10-7-9-5-3-4-6-11(9)13-10/h4-7H,8H2,1-2H3. The topological polar surface area (TPSA) is 16.4 Å². The van der Waals surface area contributed by atoms with Gasteiger partial charge in [0.15, 0.2) is 0 Å². The zero-order valence-electron chi connectivity index (χ0n) is 7.87. The van der Waals surface area contributed by atoms with Crippen LogP contribution >= 0.6 is 0 Å². The lowest BCUT2D eigenvalue weighted by molar-refractivity contribution is 0.358. The van der Waals surface area contributed by atoms with Gasteiger partial charge in [0, 0.05) is 5.39 Å². The van der Waals surface area contributed by atoms with Gasteiger partial charge in [0.2, 0.25) is 0 Å². The molecular weight excluding hydrogens is 162 g/mol. The summed E-state index contributed by atoms with van der Waals surface area (Å²) in [4.78, 5) is 2.08. The smallest absolute Gasteiger partial charge is 0.134 e. The first-order valence-electron chi connectivity index (χ1n) is 4.29. The van der Waals surface area contributed by atoms with E-state index < -0.39 is 0 Å². The van der Waals surface area contributed by atoms with E-state index in [0.717, 1.165) is 23.3 Å². The maximum atomic E-state index is 5.62.